The van der Waals surface area contributed by atoms with Gasteiger partial charge in [-0.05, 0) is 55.5 Å². The summed E-state index contributed by atoms with van der Waals surface area (Å²) in [6.45, 7) is 1.58. The molecule has 0 aromatic heterocycles. The van der Waals surface area contributed by atoms with Gasteiger partial charge in [0.15, 0.2) is 0 Å². The van der Waals surface area contributed by atoms with Crippen LogP contribution in [0.5, 0.6) is 0 Å². The van der Waals surface area contributed by atoms with E-state index in [0.717, 1.165) is 43.6 Å². The summed E-state index contributed by atoms with van der Waals surface area (Å²) >= 11 is 0. The molecular formula is C23H28N2O3. The molecule has 5 heteroatoms. The number of hydrogen-bond donors (Lipinski definition) is 2. The summed E-state index contributed by atoms with van der Waals surface area (Å²) in [5.74, 6) is -0.780. The van der Waals surface area contributed by atoms with Crippen LogP contribution in [0.25, 0.3) is 0 Å². The number of aliphatic carboxylic acids is 1. The molecule has 2 N–H and O–H groups in total. The maximum atomic E-state index is 11.6. The number of para-hydroxylation sites is 2. The van der Waals surface area contributed by atoms with Gasteiger partial charge in [-0.3, -0.25) is 9.69 Å². The predicted octanol–water partition coefficient (Wildman–Crippen LogP) is 3.22. The van der Waals surface area contributed by atoms with Crippen molar-refractivity contribution >= 4 is 17.3 Å². The number of aryl methyl sites for hydroxylation is 2. The number of rotatable bonds is 5. The first-order chi connectivity index (χ1) is 13.6. The van der Waals surface area contributed by atoms with Gasteiger partial charge in [0.1, 0.15) is 6.04 Å². The molecule has 2 aromatic carbocycles. The molecule has 2 heterocycles. The molecular weight excluding hydrogens is 352 g/mol. The molecule has 28 heavy (non-hydrogen) atoms. The number of β-amino-alcohol motifs (C(OH)–C–C–N with tert-alkyl or cyclic N) is 1. The number of carboxylic acids is 1. The first-order valence-corrected chi connectivity index (χ1v) is 10.2. The Kier molecular flexibility index (Phi) is 5.64. The van der Waals surface area contributed by atoms with E-state index in [-0.39, 0.29) is 0 Å². The van der Waals surface area contributed by atoms with E-state index in [9.17, 15) is 15.0 Å². The van der Waals surface area contributed by atoms with Gasteiger partial charge in [-0.1, -0.05) is 42.8 Å². The summed E-state index contributed by atoms with van der Waals surface area (Å²) in [5.41, 5.74) is 4.85. The van der Waals surface area contributed by atoms with Crippen molar-refractivity contribution in [2.75, 3.05) is 24.5 Å². The summed E-state index contributed by atoms with van der Waals surface area (Å²) < 4.78 is 0. The van der Waals surface area contributed by atoms with Gasteiger partial charge < -0.3 is 15.1 Å². The van der Waals surface area contributed by atoms with E-state index >= 15 is 0 Å². The van der Waals surface area contributed by atoms with Crippen molar-refractivity contribution in [3.8, 4) is 0 Å². The van der Waals surface area contributed by atoms with Gasteiger partial charge >= 0.3 is 5.97 Å². The van der Waals surface area contributed by atoms with Crippen LogP contribution in [0.2, 0.25) is 0 Å². The van der Waals surface area contributed by atoms with Crippen LogP contribution in [-0.4, -0.2) is 52.9 Å². The van der Waals surface area contributed by atoms with Crippen LogP contribution in [0.4, 0.5) is 11.4 Å². The predicted molar refractivity (Wildman–Crippen MR) is 110 cm³/mol. The topological polar surface area (TPSA) is 64.0 Å². The van der Waals surface area contributed by atoms with E-state index in [1.54, 1.807) is 0 Å². The van der Waals surface area contributed by atoms with Crippen molar-refractivity contribution in [1.82, 2.24) is 4.90 Å². The number of carboxylic acid groups (broad SMARTS) is 1. The van der Waals surface area contributed by atoms with Gasteiger partial charge in [0.05, 0.1) is 12.6 Å². The monoisotopic (exact) mass is 380 g/mol. The van der Waals surface area contributed by atoms with E-state index in [4.69, 9.17) is 0 Å². The maximum absolute atomic E-state index is 11.6. The van der Waals surface area contributed by atoms with E-state index < -0.39 is 18.1 Å². The lowest BCUT2D eigenvalue weighted by atomic mass is 10.0. The maximum Gasteiger partial charge on any atom is 0.320 e. The zero-order valence-electron chi connectivity index (χ0n) is 16.1. The SMILES string of the molecule is O=C(O)C1CCCCN1CC(O)CN1c2ccccc2CCc2ccccc21. The second kappa shape index (κ2) is 8.33. The molecule has 0 bridgehead atoms. The molecule has 2 aliphatic rings. The highest BCUT2D eigenvalue weighted by atomic mass is 16.4. The highest BCUT2D eigenvalue weighted by Gasteiger charge is 2.31. The van der Waals surface area contributed by atoms with Gasteiger partial charge in [0.25, 0.3) is 0 Å². The molecule has 2 atom stereocenters. The van der Waals surface area contributed by atoms with Crippen LogP contribution in [0, 0.1) is 0 Å². The van der Waals surface area contributed by atoms with Gasteiger partial charge in [-0.25, -0.2) is 0 Å². The van der Waals surface area contributed by atoms with Crippen LogP contribution in [-0.2, 0) is 17.6 Å². The van der Waals surface area contributed by atoms with Crippen LogP contribution >= 0.6 is 0 Å². The molecule has 0 aliphatic carbocycles. The van der Waals surface area contributed by atoms with Crippen LogP contribution < -0.4 is 4.90 Å². The Hall–Kier alpha value is -2.37. The third-order valence-electron chi connectivity index (χ3n) is 5.97. The van der Waals surface area contributed by atoms with Crippen LogP contribution in [0.1, 0.15) is 30.4 Å². The molecule has 1 saturated heterocycles. The standard InChI is InChI=1S/C23H28N2O3/c26-19(15-24-14-6-5-11-22(24)23(27)28)16-25-20-9-3-1-7-17(20)12-13-18-8-2-4-10-21(18)25/h1-4,7-10,19,22,26H,5-6,11-16H2,(H,27,28). The van der Waals surface area contributed by atoms with Gasteiger partial charge in [0.2, 0.25) is 0 Å². The minimum absolute atomic E-state index is 0.387. The van der Waals surface area contributed by atoms with Crippen molar-refractivity contribution in [3.05, 3.63) is 59.7 Å². The zero-order valence-corrected chi connectivity index (χ0v) is 16.1. The van der Waals surface area contributed by atoms with E-state index in [2.05, 4.69) is 41.3 Å². The number of piperidine rings is 1. The fraction of sp³-hybridized carbons (Fsp3) is 0.435. The largest absolute Gasteiger partial charge is 0.480 e. The number of benzene rings is 2. The number of nitrogens with zero attached hydrogens (tertiary/aromatic N) is 2. The Morgan fingerprint density at radius 3 is 2.18 bits per heavy atom. The number of anilines is 2. The summed E-state index contributed by atoms with van der Waals surface area (Å²) in [7, 11) is 0. The van der Waals surface area contributed by atoms with Crippen molar-refractivity contribution in [2.45, 2.75) is 44.2 Å². The number of fused-ring (bicyclic) bond motifs is 2. The molecule has 4 rings (SSSR count). The fourth-order valence-corrected chi connectivity index (χ4v) is 4.60. The van der Waals surface area contributed by atoms with Gasteiger partial charge in [-0.15, -0.1) is 0 Å². The summed E-state index contributed by atoms with van der Waals surface area (Å²) in [5, 5.41) is 20.4. The Labute approximate surface area is 166 Å². The summed E-state index contributed by atoms with van der Waals surface area (Å²) in [4.78, 5) is 15.7. The molecule has 2 aromatic rings. The third-order valence-corrected chi connectivity index (χ3v) is 5.97. The molecule has 2 unspecified atom stereocenters. The van der Waals surface area contributed by atoms with E-state index in [1.165, 1.54) is 11.1 Å². The average molecular weight is 380 g/mol. The van der Waals surface area contributed by atoms with Crippen LogP contribution in [0.15, 0.2) is 48.5 Å². The zero-order chi connectivity index (χ0) is 19.5. The number of carbonyl (C=O) groups is 1. The smallest absolute Gasteiger partial charge is 0.320 e. The Morgan fingerprint density at radius 1 is 0.964 bits per heavy atom. The van der Waals surface area contributed by atoms with E-state index in [0.29, 0.717) is 19.5 Å². The Bertz CT molecular complexity index is 791. The third kappa shape index (κ3) is 3.91. The molecule has 5 nitrogen and oxygen atoms in total. The Morgan fingerprint density at radius 2 is 1.57 bits per heavy atom. The molecule has 0 radical (unpaired) electrons. The first kappa shape index (κ1) is 19.0. The molecule has 0 saturated carbocycles. The highest BCUT2D eigenvalue weighted by Crippen LogP contribution is 2.36. The Balaban J connectivity index is 1.57. The number of likely N-dealkylation sites (tertiary alicyclic amines) is 1. The lowest BCUT2D eigenvalue weighted by Crippen LogP contribution is -2.49. The van der Waals surface area contributed by atoms with Crippen molar-refractivity contribution in [1.29, 1.82) is 0 Å². The second-order valence-corrected chi connectivity index (χ2v) is 7.87. The molecule has 148 valence electrons. The number of aliphatic hydroxyl groups excluding tert-OH is 1. The highest BCUT2D eigenvalue weighted by molar-refractivity contribution is 5.73. The van der Waals surface area contributed by atoms with Gasteiger partial charge in [0, 0.05) is 17.9 Å². The summed E-state index contributed by atoms with van der Waals surface area (Å²) in [6.07, 6.45) is 3.93. The quantitative estimate of drug-likeness (QED) is 0.834. The van der Waals surface area contributed by atoms with Crippen LogP contribution in [0.3, 0.4) is 0 Å². The lowest BCUT2D eigenvalue weighted by molar-refractivity contribution is -0.145. The summed E-state index contributed by atoms with van der Waals surface area (Å²) in [6, 6.07) is 16.3. The average Bonchev–Trinajstić information content (AvgIpc) is 2.86. The van der Waals surface area contributed by atoms with E-state index in [1.807, 2.05) is 17.0 Å². The molecule has 0 spiro atoms. The van der Waals surface area contributed by atoms with Crippen molar-refractivity contribution in [3.63, 3.8) is 0 Å². The van der Waals surface area contributed by atoms with Crippen molar-refractivity contribution < 1.29 is 15.0 Å². The van der Waals surface area contributed by atoms with Crippen molar-refractivity contribution in [2.24, 2.45) is 0 Å². The fourth-order valence-electron chi connectivity index (χ4n) is 4.60. The number of aliphatic hydroxyl groups is 1. The first-order valence-electron chi connectivity index (χ1n) is 10.2. The minimum Gasteiger partial charge on any atom is -0.480 e. The molecule has 1 fully saturated rings. The second-order valence-electron chi connectivity index (χ2n) is 7.87. The van der Waals surface area contributed by atoms with Gasteiger partial charge in [-0.2, -0.15) is 0 Å². The minimum atomic E-state index is -0.780. The normalized spacial score (nSPS) is 20.8. The molecule has 2 aliphatic heterocycles. The molecule has 0 amide bonds. The number of hydrogen-bond acceptors (Lipinski definition) is 4. The lowest BCUT2D eigenvalue weighted by Gasteiger charge is -2.36.